The van der Waals surface area contributed by atoms with Gasteiger partial charge in [0.25, 0.3) is 5.91 Å². The average Bonchev–Trinajstić information content (AvgIpc) is 3.17. The molecule has 3 aliphatic rings. The normalized spacial score (nSPS) is 23.1. The molecule has 3 saturated heterocycles. The Balaban J connectivity index is 1.56. The first kappa shape index (κ1) is 25.6. The van der Waals surface area contributed by atoms with Crippen molar-refractivity contribution in [3.63, 3.8) is 0 Å². The van der Waals surface area contributed by atoms with Gasteiger partial charge in [-0.05, 0) is 36.7 Å². The fraction of sp³-hybridized carbons (Fsp3) is 0.654. The van der Waals surface area contributed by atoms with E-state index in [1.165, 1.54) is 24.3 Å². The summed E-state index contributed by atoms with van der Waals surface area (Å²) in [5, 5.41) is 0. The molecule has 3 fully saturated rings. The minimum absolute atomic E-state index is 0.0896. The second-order valence-electron chi connectivity index (χ2n) is 11.2. The lowest BCUT2D eigenvalue weighted by Crippen LogP contribution is -2.61. The second kappa shape index (κ2) is 9.85. The molecule has 0 N–H and O–H groups in total. The molecule has 3 amide bonds. The number of likely N-dealkylation sites (tertiary alicyclic amines) is 1. The zero-order chi connectivity index (χ0) is 25.4. The Labute approximate surface area is 207 Å². The number of carbonyl (C=O) groups excluding carboxylic acids is 3. The van der Waals surface area contributed by atoms with Gasteiger partial charge >= 0.3 is 0 Å². The van der Waals surface area contributed by atoms with Crippen molar-refractivity contribution < 1.29 is 23.5 Å². The lowest BCUT2D eigenvalue weighted by atomic mass is 9.90. The maximum absolute atomic E-state index is 13.7. The highest BCUT2D eigenvalue weighted by Gasteiger charge is 2.55. The molecule has 0 bridgehead atoms. The van der Waals surface area contributed by atoms with Crippen LogP contribution in [-0.4, -0.2) is 102 Å². The monoisotopic (exact) mass is 488 g/mol. The molecule has 0 saturated carbocycles. The van der Waals surface area contributed by atoms with Gasteiger partial charge in [-0.25, -0.2) is 4.39 Å². The molecule has 4 rings (SSSR count). The quantitative estimate of drug-likeness (QED) is 0.652. The lowest BCUT2D eigenvalue weighted by Gasteiger charge is -2.45. The highest BCUT2D eigenvalue weighted by molar-refractivity contribution is 5.98. The van der Waals surface area contributed by atoms with Crippen molar-refractivity contribution in [3.8, 4) is 0 Å². The Kier molecular flexibility index (Phi) is 7.20. The van der Waals surface area contributed by atoms with Crippen LogP contribution in [0.2, 0.25) is 0 Å². The van der Waals surface area contributed by atoms with Crippen molar-refractivity contribution in [2.45, 2.75) is 51.8 Å². The highest BCUT2D eigenvalue weighted by atomic mass is 19.1. The number of benzene rings is 1. The van der Waals surface area contributed by atoms with Crippen LogP contribution in [0.4, 0.5) is 4.39 Å². The molecule has 1 aromatic carbocycles. The van der Waals surface area contributed by atoms with E-state index in [1.54, 1.807) is 9.80 Å². The number of piperazine rings is 1. The minimum atomic E-state index is -0.961. The van der Waals surface area contributed by atoms with Crippen LogP contribution < -0.4 is 0 Å². The van der Waals surface area contributed by atoms with E-state index in [4.69, 9.17) is 4.74 Å². The first-order valence-electron chi connectivity index (χ1n) is 12.5. The third-order valence-electron chi connectivity index (χ3n) is 7.25. The summed E-state index contributed by atoms with van der Waals surface area (Å²) in [6.07, 6.45) is 1.31. The molecule has 0 aliphatic carbocycles. The Bertz CT molecular complexity index is 945. The summed E-state index contributed by atoms with van der Waals surface area (Å²) < 4.78 is 19.8. The second-order valence-corrected chi connectivity index (χ2v) is 11.2. The predicted octanol–water partition coefficient (Wildman–Crippen LogP) is 2.20. The van der Waals surface area contributed by atoms with Crippen molar-refractivity contribution in [1.29, 1.82) is 0 Å². The van der Waals surface area contributed by atoms with Crippen LogP contribution in [0.3, 0.4) is 0 Å². The molecule has 1 aromatic rings. The number of halogens is 1. The maximum Gasteiger partial charge on any atom is 0.256 e. The number of hydrogen-bond donors (Lipinski definition) is 0. The fourth-order valence-corrected chi connectivity index (χ4v) is 5.20. The largest absolute Gasteiger partial charge is 0.353 e. The van der Waals surface area contributed by atoms with Gasteiger partial charge in [0.1, 0.15) is 17.6 Å². The number of amides is 3. The summed E-state index contributed by atoms with van der Waals surface area (Å²) >= 11 is 0. The minimum Gasteiger partial charge on any atom is -0.353 e. The van der Waals surface area contributed by atoms with Crippen molar-refractivity contribution in [1.82, 2.24) is 19.6 Å². The first-order chi connectivity index (χ1) is 16.5. The van der Waals surface area contributed by atoms with Gasteiger partial charge in [-0.3, -0.25) is 19.3 Å². The smallest absolute Gasteiger partial charge is 0.256 e. The van der Waals surface area contributed by atoms with Crippen LogP contribution in [0.25, 0.3) is 0 Å². The molecule has 192 valence electrons. The van der Waals surface area contributed by atoms with E-state index in [9.17, 15) is 18.8 Å². The molecule has 35 heavy (non-hydrogen) atoms. The van der Waals surface area contributed by atoms with Crippen LogP contribution in [0.1, 0.15) is 50.4 Å². The molecule has 8 nitrogen and oxygen atoms in total. The lowest BCUT2D eigenvalue weighted by molar-refractivity contribution is -0.147. The van der Waals surface area contributed by atoms with Crippen LogP contribution in [0, 0.1) is 11.2 Å². The fourth-order valence-electron chi connectivity index (χ4n) is 5.20. The average molecular weight is 489 g/mol. The van der Waals surface area contributed by atoms with E-state index in [-0.39, 0.29) is 29.7 Å². The number of ether oxygens (including phenoxy) is 1. The number of rotatable bonds is 3. The molecule has 1 atom stereocenters. The SMILES string of the molecule is CN1CCN(C(=O)C2COC3(CCN(C(=O)CC(C)(C)C)CC3)N2C(=O)c2ccc(F)cc2)CC1. The van der Waals surface area contributed by atoms with E-state index in [2.05, 4.69) is 4.90 Å². The van der Waals surface area contributed by atoms with E-state index in [0.29, 0.717) is 51.0 Å². The molecular weight excluding hydrogens is 451 g/mol. The summed E-state index contributed by atoms with van der Waals surface area (Å²) in [5.74, 6) is -0.794. The van der Waals surface area contributed by atoms with Crippen LogP contribution in [-0.2, 0) is 14.3 Å². The first-order valence-corrected chi connectivity index (χ1v) is 12.5. The number of nitrogens with zero attached hydrogens (tertiary/aromatic N) is 4. The summed E-state index contributed by atoms with van der Waals surface area (Å²) in [7, 11) is 2.02. The molecule has 0 radical (unpaired) electrons. The standard InChI is InChI=1S/C26H37FN4O4/c1-25(2,3)17-22(32)29-11-9-26(10-12-29)31(23(33)19-5-7-20(27)8-6-19)21(18-35-26)24(34)30-15-13-28(4)14-16-30/h5-8,21H,9-18H2,1-4H3. The highest BCUT2D eigenvalue weighted by Crippen LogP contribution is 2.39. The zero-order valence-electron chi connectivity index (χ0n) is 21.3. The van der Waals surface area contributed by atoms with Gasteiger partial charge in [0, 0.05) is 64.1 Å². The van der Waals surface area contributed by atoms with Crippen LogP contribution in [0.15, 0.2) is 24.3 Å². The summed E-state index contributed by atoms with van der Waals surface area (Å²) in [6, 6.07) is 4.66. The summed E-state index contributed by atoms with van der Waals surface area (Å²) in [4.78, 5) is 47.5. The van der Waals surface area contributed by atoms with Crippen molar-refractivity contribution in [3.05, 3.63) is 35.6 Å². The van der Waals surface area contributed by atoms with E-state index in [1.807, 2.05) is 32.7 Å². The van der Waals surface area contributed by atoms with Gasteiger partial charge < -0.3 is 19.4 Å². The van der Waals surface area contributed by atoms with Gasteiger partial charge in [-0.1, -0.05) is 20.8 Å². The Morgan fingerprint density at radius 2 is 1.57 bits per heavy atom. The van der Waals surface area contributed by atoms with E-state index >= 15 is 0 Å². The predicted molar refractivity (Wildman–Crippen MR) is 129 cm³/mol. The van der Waals surface area contributed by atoms with Gasteiger partial charge in [0.15, 0.2) is 0 Å². The zero-order valence-corrected chi connectivity index (χ0v) is 21.3. The Hall–Kier alpha value is -2.52. The van der Waals surface area contributed by atoms with Crippen molar-refractivity contribution >= 4 is 17.7 Å². The van der Waals surface area contributed by atoms with Gasteiger partial charge in [0.05, 0.1) is 6.61 Å². The van der Waals surface area contributed by atoms with Gasteiger partial charge in [-0.15, -0.1) is 0 Å². The number of carbonyl (C=O) groups is 3. The molecule has 9 heteroatoms. The third kappa shape index (κ3) is 5.51. The molecule has 3 aliphatic heterocycles. The molecule has 0 aromatic heterocycles. The summed E-state index contributed by atoms with van der Waals surface area (Å²) in [6.45, 7) is 9.90. The summed E-state index contributed by atoms with van der Waals surface area (Å²) in [5.41, 5.74) is -0.754. The third-order valence-corrected chi connectivity index (χ3v) is 7.25. The molecule has 1 unspecified atom stereocenters. The maximum atomic E-state index is 13.7. The van der Waals surface area contributed by atoms with E-state index in [0.717, 1.165) is 13.1 Å². The number of likely N-dealkylation sites (N-methyl/N-ethyl adjacent to an activating group) is 1. The molecule has 3 heterocycles. The topological polar surface area (TPSA) is 73.4 Å². The van der Waals surface area contributed by atoms with Crippen molar-refractivity contribution in [2.24, 2.45) is 5.41 Å². The Morgan fingerprint density at radius 1 is 0.971 bits per heavy atom. The Morgan fingerprint density at radius 3 is 2.14 bits per heavy atom. The number of piperidine rings is 1. The van der Waals surface area contributed by atoms with Crippen LogP contribution >= 0.6 is 0 Å². The molecular formula is C26H37FN4O4. The number of hydrogen-bond acceptors (Lipinski definition) is 5. The van der Waals surface area contributed by atoms with Crippen LogP contribution in [0.5, 0.6) is 0 Å². The van der Waals surface area contributed by atoms with Crippen molar-refractivity contribution in [2.75, 3.05) is 52.9 Å². The van der Waals surface area contributed by atoms with E-state index < -0.39 is 17.6 Å². The van der Waals surface area contributed by atoms with Gasteiger partial charge in [-0.2, -0.15) is 0 Å². The van der Waals surface area contributed by atoms with Gasteiger partial charge in [0.2, 0.25) is 11.8 Å². The molecule has 1 spiro atoms.